The van der Waals surface area contributed by atoms with Crippen LogP contribution >= 0.6 is 0 Å². The Morgan fingerprint density at radius 3 is 2.00 bits per heavy atom. The van der Waals surface area contributed by atoms with Crippen LogP contribution in [0.1, 0.15) is 35.3 Å². The summed E-state index contributed by atoms with van der Waals surface area (Å²) in [5, 5.41) is 2.82. The predicted molar refractivity (Wildman–Crippen MR) is 104 cm³/mol. The summed E-state index contributed by atoms with van der Waals surface area (Å²) in [6.07, 6.45) is 2.63. The molecule has 27 heavy (non-hydrogen) atoms. The standard InChI is InChI=1S/C20H23NO5S/c1-4-14-7-6-8-15(5-2)19(14)21-18(22)13-26-20(23)16-9-11-17(12-10-16)27(3,24)25/h6-12H,4-5,13H2,1-3H3,(H,21,22). The molecule has 0 saturated carbocycles. The minimum absolute atomic E-state index is 0.111. The van der Waals surface area contributed by atoms with E-state index in [0.29, 0.717) is 0 Å². The third-order valence-corrected chi connectivity index (χ3v) is 5.24. The molecule has 0 saturated heterocycles. The molecular weight excluding hydrogens is 366 g/mol. The van der Waals surface area contributed by atoms with Crippen molar-refractivity contribution in [2.75, 3.05) is 18.2 Å². The molecule has 0 aromatic heterocycles. The average Bonchev–Trinajstić information content (AvgIpc) is 2.65. The van der Waals surface area contributed by atoms with Gasteiger partial charge in [-0.2, -0.15) is 0 Å². The van der Waals surface area contributed by atoms with Crippen molar-refractivity contribution in [2.24, 2.45) is 0 Å². The Labute approximate surface area is 159 Å². The number of carbonyl (C=O) groups excluding carboxylic acids is 2. The highest BCUT2D eigenvalue weighted by atomic mass is 32.2. The first-order chi connectivity index (χ1) is 12.8. The van der Waals surface area contributed by atoms with Crippen LogP contribution in [0.2, 0.25) is 0 Å². The van der Waals surface area contributed by atoms with Crippen molar-refractivity contribution < 1.29 is 22.7 Å². The molecule has 0 aliphatic carbocycles. The molecule has 0 radical (unpaired) electrons. The van der Waals surface area contributed by atoms with Crippen molar-refractivity contribution in [1.29, 1.82) is 0 Å². The number of benzene rings is 2. The SMILES string of the molecule is CCc1cccc(CC)c1NC(=O)COC(=O)c1ccc(S(C)(=O)=O)cc1. The summed E-state index contributed by atoms with van der Waals surface area (Å²) in [5.74, 6) is -1.11. The van der Waals surface area contributed by atoms with Crippen molar-refractivity contribution in [2.45, 2.75) is 31.6 Å². The molecular formula is C20H23NO5S. The van der Waals surface area contributed by atoms with E-state index in [0.717, 1.165) is 35.9 Å². The molecule has 6 nitrogen and oxygen atoms in total. The number of esters is 1. The zero-order valence-corrected chi connectivity index (χ0v) is 16.4. The summed E-state index contributed by atoms with van der Waals surface area (Å²) >= 11 is 0. The number of carbonyl (C=O) groups is 2. The van der Waals surface area contributed by atoms with Gasteiger partial charge < -0.3 is 10.1 Å². The fraction of sp³-hybridized carbons (Fsp3) is 0.300. The van der Waals surface area contributed by atoms with Gasteiger partial charge in [-0.05, 0) is 48.2 Å². The minimum atomic E-state index is -3.34. The average molecular weight is 389 g/mol. The topological polar surface area (TPSA) is 89.5 Å². The first-order valence-electron chi connectivity index (χ1n) is 8.64. The lowest BCUT2D eigenvalue weighted by Gasteiger charge is -2.14. The lowest BCUT2D eigenvalue weighted by Crippen LogP contribution is -2.22. The highest BCUT2D eigenvalue weighted by Gasteiger charge is 2.14. The van der Waals surface area contributed by atoms with Crippen molar-refractivity contribution in [3.63, 3.8) is 0 Å². The zero-order valence-electron chi connectivity index (χ0n) is 15.6. The van der Waals surface area contributed by atoms with Crippen LogP contribution in [0.15, 0.2) is 47.4 Å². The Kier molecular flexibility index (Phi) is 6.74. The Morgan fingerprint density at radius 1 is 0.963 bits per heavy atom. The quantitative estimate of drug-likeness (QED) is 0.735. The number of nitrogens with one attached hydrogen (secondary N) is 1. The number of hydrogen-bond acceptors (Lipinski definition) is 5. The molecule has 1 amide bonds. The summed E-state index contributed by atoms with van der Waals surface area (Å²) in [6, 6.07) is 11.2. The Morgan fingerprint density at radius 2 is 1.52 bits per heavy atom. The molecule has 2 aromatic rings. The van der Waals surface area contributed by atoms with E-state index in [4.69, 9.17) is 4.74 Å². The largest absolute Gasteiger partial charge is 0.452 e. The van der Waals surface area contributed by atoms with Crippen LogP contribution in [0.25, 0.3) is 0 Å². The number of ether oxygens (including phenoxy) is 1. The number of aryl methyl sites for hydroxylation is 2. The molecule has 0 spiro atoms. The van der Waals surface area contributed by atoms with Crippen LogP contribution in [0.3, 0.4) is 0 Å². The molecule has 144 valence electrons. The van der Waals surface area contributed by atoms with Crippen LogP contribution in [0.5, 0.6) is 0 Å². The summed E-state index contributed by atoms with van der Waals surface area (Å²) in [5.41, 5.74) is 2.98. The first-order valence-corrected chi connectivity index (χ1v) is 10.5. The molecule has 0 aliphatic rings. The van der Waals surface area contributed by atoms with E-state index in [-0.39, 0.29) is 10.5 Å². The molecule has 7 heteroatoms. The maximum absolute atomic E-state index is 12.2. The molecule has 2 rings (SSSR count). The van der Waals surface area contributed by atoms with Gasteiger partial charge in [-0.1, -0.05) is 32.0 Å². The summed E-state index contributed by atoms with van der Waals surface area (Å²) < 4.78 is 27.9. The lowest BCUT2D eigenvalue weighted by atomic mass is 10.0. The van der Waals surface area contributed by atoms with E-state index < -0.39 is 28.3 Å². The maximum Gasteiger partial charge on any atom is 0.338 e. The molecule has 0 fully saturated rings. The van der Waals surface area contributed by atoms with Crippen LogP contribution in [-0.4, -0.2) is 33.2 Å². The molecule has 0 bridgehead atoms. The second-order valence-electron chi connectivity index (χ2n) is 6.08. The van der Waals surface area contributed by atoms with E-state index in [1.165, 1.54) is 24.3 Å². The number of rotatable bonds is 7. The van der Waals surface area contributed by atoms with Crippen LogP contribution in [0, 0.1) is 0 Å². The number of sulfone groups is 1. The summed E-state index contributed by atoms with van der Waals surface area (Å²) in [4.78, 5) is 24.4. The number of hydrogen-bond donors (Lipinski definition) is 1. The highest BCUT2D eigenvalue weighted by Crippen LogP contribution is 2.22. The van der Waals surface area contributed by atoms with Gasteiger partial charge in [0.05, 0.1) is 10.5 Å². The molecule has 0 unspecified atom stereocenters. The van der Waals surface area contributed by atoms with E-state index in [9.17, 15) is 18.0 Å². The van der Waals surface area contributed by atoms with E-state index in [1.54, 1.807) is 0 Å². The molecule has 0 atom stereocenters. The van der Waals surface area contributed by atoms with Crippen LogP contribution in [-0.2, 0) is 32.2 Å². The van der Waals surface area contributed by atoms with Crippen molar-refractivity contribution in [3.05, 3.63) is 59.2 Å². The lowest BCUT2D eigenvalue weighted by molar-refractivity contribution is -0.119. The Bertz CT molecular complexity index is 911. The fourth-order valence-corrected chi connectivity index (χ4v) is 3.26. The van der Waals surface area contributed by atoms with Gasteiger partial charge in [0.1, 0.15) is 0 Å². The predicted octanol–water partition coefficient (Wildman–Crippen LogP) is 3.01. The first kappa shape index (κ1) is 20.6. The van der Waals surface area contributed by atoms with Gasteiger partial charge >= 0.3 is 5.97 Å². The summed E-state index contributed by atoms with van der Waals surface area (Å²) in [6.45, 7) is 3.59. The second-order valence-corrected chi connectivity index (χ2v) is 8.09. The van der Waals surface area contributed by atoms with Crippen molar-refractivity contribution in [1.82, 2.24) is 0 Å². The fourth-order valence-electron chi connectivity index (χ4n) is 2.63. The van der Waals surface area contributed by atoms with E-state index in [2.05, 4.69) is 5.32 Å². The van der Waals surface area contributed by atoms with Crippen molar-refractivity contribution >= 4 is 27.4 Å². The molecule has 1 N–H and O–H groups in total. The molecule has 0 aliphatic heterocycles. The van der Waals surface area contributed by atoms with E-state index >= 15 is 0 Å². The molecule has 0 heterocycles. The molecule has 2 aromatic carbocycles. The van der Waals surface area contributed by atoms with Gasteiger partial charge in [0.25, 0.3) is 5.91 Å². The van der Waals surface area contributed by atoms with Gasteiger partial charge in [0, 0.05) is 11.9 Å². The maximum atomic E-state index is 12.2. The van der Waals surface area contributed by atoms with Gasteiger partial charge in [-0.25, -0.2) is 13.2 Å². The second kappa shape index (κ2) is 8.81. The zero-order chi connectivity index (χ0) is 20.0. The van der Waals surface area contributed by atoms with Crippen molar-refractivity contribution in [3.8, 4) is 0 Å². The smallest absolute Gasteiger partial charge is 0.338 e. The summed E-state index contributed by atoms with van der Waals surface area (Å²) in [7, 11) is -3.34. The van der Waals surface area contributed by atoms with E-state index in [1.807, 2.05) is 32.0 Å². The number of amides is 1. The van der Waals surface area contributed by atoms with Crippen LogP contribution in [0.4, 0.5) is 5.69 Å². The highest BCUT2D eigenvalue weighted by molar-refractivity contribution is 7.90. The Balaban J connectivity index is 2.01. The van der Waals surface area contributed by atoms with Gasteiger partial charge in [0.15, 0.2) is 16.4 Å². The normalized spacial score (nSPS) is 11.1. The number of anilines is 1. The number of para-hydroxylation sites is 1. The van der Waals surface area contributed by atoms with Gasteiger partial charge in [-0.15, -0.1) is 0 Å². The Hall–Kier alpha value is -2.67. The third-order valence-electron chi connectivity index (χ3n) is 4.12. The third kappa shape index (κ3) is 5.40. The van der Waals surface area contributed by atoms with Gasteiger partial charge in [0.2, 0.25) is 0 Å². The van der Waals surface area contributed by atoms with Gasteiger partial charge in [-0.3, -0.25) is 4.79 Å². The minimum Gasteiger partial charge on any atom is -0.452 e. The monoisotopic (exact) mass is 389 g/mol. The van der Waals surface area contributed by atoms with Crippen LogP contribution < -0.4 is 5.32 Å².